The van der Waals surface area contributed by atoms with Crippen molar-refractivity contribution in [2.75, 3.05) is 0 Å². The molecule has 1 aromatic heterocycles. The second-order valence-electron chi connectivity index (χ2n) is 4.60. The number of fused-ring (bicyclic) bond motifs is 1. The van der Waals surface area contributed by atoms with E-state index in [1.807, 2.05) is 41.1 Å². The summed E-state index contributed by atoms with van der Waals surface area (Å²) in [6, 6.07) is 16.2. The van der Waals surface area contributed by atoms with Gasteiger partial charge >= 0.3 is 0 Å². The molecule has 1 N–H and O–H groups in total. The zero-order valence-electron chi connectivity index (χ0n) is 10.3. The van der Waals surface area contributed by atoms with Crippen LogP contribution < -0.4 is 0 Å². The Morgan fingerprint density at radius 3 is 2.44 bits per heavy atom. The average molecular weight is 237 g/mol. The van der Waals surface area contributed by atoms with Crippen molar-refractivity contribution in [3.05, 3.63) is 65.9 Å². The summed E-state index contributed by atoms with van der Waals surface area (Å²) in [5.41, 5.74) is 2.38. The molecule has 0 aliphatic carbocycles. The number of aromatic hydroxyl groups is 1. The molecule has 0 saturated carbocycles. The molecule has 0 bridgehead atoms. The Labute approximate surface area is 106 Å². The standard InChI is InChI=1S/C16H15NO/c1-12-6-5-9-14-15(12)11-17(16(14)18)10-13-7-3-2-4-8-13/h2-9,11,18H,10H2,1H3. The highest BCUT2D eigenvalue weighted by Crippen LogP contribution is 2.29. The number of benzene rings is 2. The summed E-state index contributed by atoms with van der Waals surface area (Å²) in [5, 5.41) is 12.3. The van der Waals surface area contributed by atoms with Crippen LogP contribution in [0.5, 0.6) is 5.88 Å². The number of hydrogen-bond acceptors (Lipinski definition) is 1. The Balaban J connectivity index is 2.08. The number of aryl methyl sites for hydroxylation is 1. The van der Waals surface area contributed by atoms with Gasteiger partial charge in [0.2, 0.25) is 0 Å². The van der Waals surface area contributed by atoms with Crippen molar-refractivity contribution in [3.63, 3.8) is 0 Å². The monoisotopic (exact) mass is 237 g/mol. The van der Waals surface area contributed by atoms with Gasteiger partial charge in [-0.15, -0.1) is 0 Å². The van der Waals surface area contributed by atoms with E-state index in [0.29, 0.717) is 12.4 Å². The topological polar surface area (TPSA) is 25.2 Å². The number of rotatable bonds is 2. The molecule has 0 fully saturated rings. The van der Waals surface area contributed by atoms with Crippen molar-refractivity contribution in [2.45, 2.75) is 13.5 Å². The van der Waals surface area contributed by atoms with Crippen LogP contribution in [-0.2, 0) is 6.54 Å². The average Bonchev–Trinajstić information content (AvgIpc) is 2.70. The molecule has 0 unspecified atom stereocenters. The van der Waals surface area contributed by atoms with Crippen molar-refractivity contribution in [3.8, 4) is 5.88 Å². The first-order valence-corrected chi connectivity index (χ1v) is 6.07. The van der Waals surface area contributed by atoms with Crippen LogP contribution in [0.2, 0.25) is 0 Å². The Kier molecular flexibility index (Phi) is 2.56. The summed E-state index contributed by atoms with van der Waals surface area (Å²) in [6.07, 6.45) is 2.02. The smallest absolute Gasteiger partial charge is 0.199 e. The van der Waals surface area contributed by atoms with E-state index >= 15 is 0 Å². The molecule has 3 aromatic rings. The van der Waals surface area contributed by atoms with Gasteiger partial charge in [0.05, 0.1) is 6.54 Å². The first-order chi connectivity index (χ1) is 8.75. The molecule has 0 spiro atoms. The molecular weight excluding hydrogens is 222 g/mol. The van der Waals surface area contributed by atoms with Crippen LogP contribution >= 0.6 is 0 Å². The van der Waals surface area contributed by atoms with Crippen LogP contribution in [0.4, 0.5) is 0 Å². The van der Waals surface area contributed by atoms with E-state index in [0.717, 1.165) is 10.8 Å². The van der Waals surface area contributed by atoms with Gasteiger partial charge in [0.1, 0.15) is 0 Å². The van der Waals surface area contributed by atoms with Crippen molar-refractivity contribution >= 4 is 10.8 Å². The highest BCUT2D eigenvalue weighted by atomic mass is 16.3. The molecule has 0 aliphatic rings. The van der Waals surface area contributed by atoms with Crippen LogP contribution in [0.15, 0.2) is 54.7 Å². The lowest BCUT2D eigenvalue weighted by Gasteiger charge is -2.04. The number of hydrogen-bond donors (Lipinski definition) is 1. The molecule has 0 radical (unpaired) electrons. The highest BCUT2D eigenvalue weighted by molar-refractivity contribution is 5.90. The Hall–Kier alpha value is -2.22. The largest absolute Gasteiger partial charge is 0.494 e. The fraction of sp³-hybridized carbons (Fsp3) is 0.125. The third-order valence-corrected chi connectivity index (χ3v) is 3.32. The Morgan fingerprint density at radius 2 is 1.72 bits per heavy atom. The molecule has 0 amide bonds. The normalized spacial score (nSPS) is 10.9. The maximum atomic E-state index is 10.2. The van der Waals surface area contributed by atoms with Gasteiger partial charge in [-0.05, 0) is 24.1 Å². The lowest BCUT2D eigenvalue weighted by molar-refractivity contribution is 0.430. The van der Waals surface area contributed by atoms with E-state index in [-0.39, 0.29) is 0 Å². The van der Waals surface area contributed by atoms with Crippen LogP contribution in [0.3, 0.4) is 0 Å². The van der Waals surface area contributed by atoms with Crippen molar-refractivity contribution in [1.82, 2.24) is 4.57 Å². The van der Waals surface area contributed by atoms with Gasteiger partial charge < -0.3 is 9.67 Å². The molecule has 2 nitrogen and oxygen atoms in total. The molecule has 18 heavy (non-hydrogen) atoms. The Morgan fingerprint density at radius 1 is 0.944 bits per heavy atom. The van der Waals surface area contributed by atoms with Gasteiger partial charge in [0, 0.05) is 17.0 Å². The van der Waals surface area contributed by atoms with Gasteiger partial charge in [-0.1, -0.05) is 42.5 Å². The molecule has 2 aromatic carbocycles. The minimum Gasteiger partial charge on any atom is -0.494 e. The summed E-state index contributed by atoms with van der Waals surface area (Å²) in [4.78, 5) is 0. The summed E-state index contributed by atoms with van der Waals surface area (Å²) < 4.78 is 1.90. The predicted molar refractivity (Wildman–Crippen MR) is 73.9 cm³/mol. The number of nitrogens with zero attached hydrogens (tertiary/aromatic N) is 1. The van der Waals surface area contributed by atoms with Gasteiger partial charge in [-0.3, -0.25) is 0 Å². The van der Waals surface area contributed by atoms with Crippen LogP contribution in [0.25, 0.3) is 10.8 Å². The minimum atomic E-state index is 0.345. The predicted octanol–water partition coefficient (Wildman–Crippen LogP) is 3.70. The number of aromatic nitrogens is 1. The van der Waals surface area contributed by atoms with Crippen molar-refractivity contribution < 1.29 is 5.11 Å². The summed E-state index contributed by atoms with van der Waals surface area (Å²) in [6.45, 7) is 2.76. The third kappa shape index (κ3) is 1.76. The van der Waals surface area contributed by atoms with Gasteiger partial charge in [0.15, 0.2) is 5.88 Å². The van der Waals surface area contributed by atoms with E-state index in [1.54, 1.807) is 0 Å². The van der Waals surface area contributed by atoms with E-state index in [9.17, 15) is 5.11 Å². The molecule has 0 saturated heterocycles. The van der Waals surface area contributed by atoms with E-state index in [2.05, 4.69) is 25.1 Å². The zero-order chi connectivity index (χ0) is 12.5. The van der Waals surface area contributed by atoms with Gasteiger partial charge in [-0.25, -0.2) is 0 Å². The van der Waals surface area contributed by atoms with E-state index in [1.165, 1.54) is 11.1 Å². The van der Waals surface area contributed by atoms with Gasteiger partial charge in [-0.2, -0.15) is 0 Å². The first-order valence-electron chi connectivity index (χ1n) is 6.07. The van der Waals surface area contributed by atoms with E-state index < -0.39 is 0 Å². The Bertz CT molecular complexity index is 683. The molecule has 1 heterocycles. The van der Waals surface area contributed by atoms with Gasteiger partial charge in [0.25, 0.3) is 0 Å². The van der Waals surface area contributed by atoms with Crippen LogP contribution in [0, 0.1) is 6.92 Å². The molecule has 0 atom stereocenters. The second kappa shape index (κ2) is 4.22. The molecule has 3 rings (SSSR count). The SMILES string of the molecule is Cc1cccc2c(O)n(Cc3ccccc3)cc12. The molecule has 90 valence electrons. The van der Waals surface area contributed by atoms with Crippen molar-refractivity contribution in [2.24, 2.45) is 0 Å². The van der Waals surface area contributed by atoms with Crippen LogP contribution in [-0.4, -0.2) is 9.67 Å². The summed E-state index contributed by atoms with van der Waals surface area (Å²) in [5.74, 6) is 0.345. The van der Waals surface area contributed by atoms with Crippen molar-refractivity contribution in [1.29, 1.82) is 0 Å². The lowest BCUT2D eigenvalue weighted by Crippen LogP contribution is -1.96. The molecule has 2 heteroatoms. The first kappa shape index (κ1) is 10.9. The fourth-order valence-corrected chi connectivity index (χ4v) is 2.32. The maximum Gasteiger partial charge on any atom is 0.199 e. The lowest BCUT2D eigenvalue weighted by atomic mass is 10.1. The minimum absolute atomic E-state index is 0.345. The molecule has 0 aliphatic heterocycles. The second-order valence-corrected chi connectivity index (χ2v) is 4.60. The summed E-state index contributed by atoms with van der Waals surface area (Å²) >= 11 is 0. The fourth-order valence-electron chi connectivity index (χ4n) is 2.32. The quantitative estimate of drug-likeness (QED) is 0.722. The third-order valence-electron chi connectivity index (χ3n) is 3.32. The maximum absolute atomic E-state index is 10.2. The highest BCUT2D eigenvalue weighted by Gasteiger charge is 2.09. The van der Waals surface area contributed by atoms with Crippen LogP contribution in [0.1, 0.15) is 11.1 Å². The van der Waals surface area contributed by atoms with E-state index in [4.69, 9.17) is 0 Å². The zero-order valence-corrected chi connectivity index (χ0v) is 10.3. The summed E-state index contributed by atoms with van der Waals surface area (Å²) in [7, 11) is 0. The molecular formula is C16H15NO.